The lowest BCUT2D eigenvalue weighted by Gasteiger charge is -2.19. The summed E-state index contributed by atoms with van der Waals surface area (Å²) in [5.74, 6) is 6.70. The van der Waals surface area contributed by atoms with Gasteiger partial charge in [-0.1, -0.05) is 0 Å². The van der Waals surface area contributed by atoms with Crippen LogP contribution in [0, 0.1) is 0 Å². The fourth-order valence-corrected chi connectivity index (χ4v) is 2.36. The number of ether oxygens (including phenoxy) is 1. The molecule has 1 aromatic heterocycles. The van der Waals surface area contributed by atoms with Crippen LogP contribution in [-0.4, -0.2) is 28.3 Å². The van der Waals surface area contributed by atoms with Crippen molar-refractivity contribution in [3.63, 3.8) is 0 Å². The minimum atomic E-state index is 0.315. The third-order valence-electron chi connectivity index (χ3n) is 3.44. The predicted octanol–water partition coefficient (Wildman–Crippen LogP) is 0.754. The zero-order valence-corrected chi connectivity index (χ0v) is 10.4. The average Bonchev–Trinajstić information content (AvgIpc) is 2.96. The summed E-state index contributed by atoms with van der Waals surface area (Å²) in [4.78, 5) is 4.32. The number of imidazole rings is 1. The second-order valence-corrected chi connectivity index (χ2v) is 4.73. The van der Waals surface area contributed by atoms with Gasteiger partial charge in [0.15, 0.2) is 0 Å². The number of nitrogens with two attached hydrogens (primary N) is 1. The van der Waals surface area contributed by atoms with Crippen molar-refractivity contribution in [3.05, 3.63) is 18.2 Å². The van der Waals surface area contributed by atoms with Gasteiger partial charge in [-0.2, -0.15) is 0 Å². The minimum Gasteiger partial charge on any atom is -0.378 e. The Morgan fingerprint density at radius 3 is 3.18 bits per heavy atom. The van der Waals surface area contributed by atoms with Gasteiger partial charge in [0, 0.05) is 38.5 Å². The van der Waals surface area contributed by atoms with Crippen molar-refractivity contribution < 1.29 is 4.74 Å². The summed E-state index contributed by atoms with van der Waals surface area (Å²) in [7, 11) is 2.02. The Bertz CT molecular complexity index is 333. The van der Waals surface area contributed by atoms with Gasteiger partial charge < -0.3 is 9.30 Å². The first kappa shape index (κ1) is 12.5. The van der Waals surface area contributed by atoms with Crippen molar-refractivity contribution in [1.29, 1.82) is 0 Å². The normalized spacial score (nSPS) is 21.9. The van der Waals surface area contributed by atoms with Gasteiger partial charge in [-0.15, -0.1) is 0 Å². The van der Waals surface area contributed by atoms with E-state index in [0.717, 1.165) is 31.7 Å². The highest BCUT2D eigenvalue weighted by Crippen LogP contribution is 2.18. The Balaban J connectivity index is 1.77. The van der Waals surface area contributed by atoms with E-state index in [-0.39, 0.29) is 0 Å². The maximum absolute atomic E-state index is 5.63. The van der Waals surface area contributed by atoms with Crippen LogP contribution in [-0.2, 0) is 18.2 Å². The molecule has 0 saturated carbocycles. The molecule has 1 saturated heterocycles. The summed E-state index contributed by atoms with van der Waals surface area (Å²) in [5.41, 5.74) is 2.89. The summed E-state index contributed by atoms with van der Waals surface area (Å²) in [6.45, 7) is 0.904. The van der Waals surface area contributed by atoms with Crippen molar-refractivity contribution in [2.45, 2.75) is 44.2 Å². The Morgan fingerprint density at radius 2 is 2.59 bits per heavy atom. The maximum atomic E-state index is 5.63. The first-order valence-electron chi connectivity index (χ1n) is 6.33. The molecular formula is C12H22N4O. The van der Waals surface area contributed by atoms with Crippen LogP contribution in [0.3, 0.4) is 0 Å². The highest BCUT2D eigenvalue weighted by molar-refractivity contribution is 4.92. The van der Waals surface area contributed by atoms with Gasteiger partial charge in [-0.25, -0.2) is 4.98 Å². The molecule has 2 atom stereocenters. The van der Waals surface area contributed by atoms with E-state index in [9.17, 15) is 0 Å². The lowest BCUT2D eigenvalue weighted by molar-refractivity contribution is 0.0936. The molecule has 3 N–H and O–H groups in total. The third kappa shape index (κ3) is 3.52. The standard InChI is InChI=1S/C12H22N4O/c1-16-7-6-14-12(16)5-4-10(15-13)9-11-3-2-8-17-11/h6-7,10-11,15H,2-5,8-9,13H2,1H3. The molecule has 2 unspecified atom stereocenters. The SMILES string of the molecule is Cn1ccnc1CCC(CC1CCCO1)NN. The summed E-state index contributed by atoms with van der Waals surface area (Å²) in [6.07, 6.45) is 9.49. The largest absolute Gasteiger partial charge is 0.378 e. The number of hydrogen-bond acceptors (Lipinski definition) is 4. The Morgan fingerprint density at radius 1 is 1.71 bits per heavy atom. The predicted molar refractivity (Wildman–Crippen MR) is 66.2 cm³/mol. The van der Waals surface area contributed by atoms with E-state index in [0.29, 0.717) is 12.1 Å². The van der Waals surface area contributed by atoms with E-state index in [2.05, 4.69) is 15.0 Å². The molecule has 0 spiro atoms. The van der Waals surface area contributed by atoms with Crippen LogP contribution in [0.5, 0.6) is 0 Å². The summed E-state index contributed by atoms with van der Waals surface area (Å²) < 4.78 is 7.68. The molecule has 1 aliphatic rings. The Hall–Kier alpha value is -0.910. The molecular weight excluding hydrogens is 216 g/mol. The van der Waals surface area contributed by atoms with Gasteiger partial charge in [-0.05, 0) is 25.7 Å². The second kappa shape index (κ2) is 6.14. The molecule has 0 bridgehead atoms. The van der Waals surface area contributed by atoms with Crippen molar-refractivity contribution in [1.82, 2.24) is 15.0 Å². The van der Waals surface area contributed by atoms with Crippen LogP contribution < -0.4 is 11.3 Å². The number of hydrogen-bond donors (Lipinski definition) is 2. The van der Waals surface area contributed by atoms with Crippen LogP contribution in [0.4, 0.5) is 0 Å². The van der Waals surface area contributed by atoms with Crippen LogP contribution in [0.15, 0.2) is 12.4 Å². The Labute approximate surface area is 102 Å². The number of nitrogens with zero attached hydrogens (tertiary/aromatic N) is 2. The molecule has 1 aliphatic heterocycles. The first-order valence-corrected chi connectivity index (χ1v) is 6.33. The van der Waals surface area contributed by atoms with E-state index in [1.807, 2.05) is 19.4 Å². The van der Waals surface area contributed by atoms with Gasteiger partial charge in [0.05, 0.1) is 6.10 Å². The minimum absolute atomic E-state index is 0.315. The number of rotatable bonds is 6. The van der Waals surface area contributed by atoms with Gasteiger partial charge in [0.2, 0.25) is 0 Å². The number of aryl methyl sites for hydroxylation is 2. The number of hydrazine groups is 1. The van der Waals surface area contributed by atoms with E-state index < -0.39 is 0 Å². The fraction of sp³-hybridized carbons (Fsp3) is 0.750. The van der Waals surface area contributed by atoms with E-state index >= 15 is 0 Å². The second-order valence-electron chi connectivity index (χ2n) is 4.73. The van der Waals surface area contributed by atoms with Gasteiger partial charge in [-0.3, -0.25) is 11.3 Å². The van der Waals surface area contributed by atoms with Crippen LogP contribution in [0.2, 0.25) is 0 Å². The number of nitrogens with one attached hydrogen (secondary N) is 1. The van der Waals surface area contributed by atoms with E-state index in [1.54, 1.807) is 0 Å². The first-order chi connectivity index (χ1) is 8.29. The molecule has 0 aromatic carbocycles. The average molecular weight is 238 g/mol. The quantitative estimate of drug-likeness (QED) is 0.567. The molecule has 5 nitrogen and oxygen atoms in total. The molecule has 0 radical (unpaired) electrons. The lowest BCUT2D eigenvalue weighted by Crippen LogP contribution is -2.38. The monoisotopic (exact) mass is 238 g/mol. The summed E-state index contributed by atoms with van der Waals surface area (Å²) >= 11 is 0. The van der Waals surface area contributed by atoms with Crippen molar-refractivity contribution in [2.24, 2.45) is 12.9 Å². The smallest absolute Gasteiger partial charge is 0.108 e. The number of aromatic nitrogens is 2. The molecule has 0 amide bonds. The van der Waals surface area contributed by atoms with Crippen molar-refractivity contribution >= 4 is 0 Å². The topological polar surface area (TPSA) is 65.1 Å². The molecule has 17 heavy (non-hydrogen) atoms. The molecule has 2 rings (SSSR count). The highest BCUT2D eigenvalue weighted by atomic mass is 16.5. The van der Waals surface area contributed by atoms with E-state index in [1.165, 1.54) is 12.8 Å². The molecule has 5 heteroatoms. The third-order valence-corrected chi connectivity index (χ3v) is 3.44. The lowest BCUT2D eigenvalue weighted by atomic mass is 10.0. The maximum Gasteiger partial charge on any atom is 0.108 e. The molecule has 0 aliphatic carbocycles. The molecule has 2 heterocycles. The molecule has 1 aromatic rings. The van der Waals surface area contributed by atoms with Crippen LogP contribution in [0.1, 0.15) is 31.5 Å². The molecule has 1 fully saturated rings. The Kier molecular flexibility index (Phi) is 4.53. The zero-order valence-electron chi connectivity index (χ0n) is 10.4. The highest BCUT2D eigenvalue weighted by Gasteiger charge is 2.20. The summed E-state index contributed by atoms with van der Waals surface area (Å²) in [5, 5.41) is 0. The van der Waals surface area contributed by atoms with Crippen LogP contribution in [0.25, 0.3) is 0 Å². The van der Waals surface area contributed by atoms with Gasteiger partial charge in [0.1, 0.15) is 5.82 Å². The van der Waals surface area contributed by atoms with Gasteiger partial charge in [0.25, 0.3) is 0 Å². The van der Waals surface area contributed by atoms with Crippen LogP contribution >= 0.6 is 0 Å². The van der Waals surface area contributed by atoms with Crippen molar-refractivity contribution in [3.8, 4) is 0 Å². The van der Waals surface area contributed by atoms with Crippen molar-refractivity contribution in [2.75, 3.05) is 6.61 Å². The van der Waals surface area contributed by atoms with E-state index in [4.69, 9.17) is 10.6 Å². The molecule has 96 valence electrons. The zero-order chi connectivity index (χ0) is 12.1. The fourth-order valence-electron chi connectivity index (χ4n) is 2.36. The summed E-state index contributed by atoms with van der Waals surface area (Å²) in [6, 6.07) is 0.315. The van der Waals surface area contributed by atoms with Gasteiger partial charge >= 0.3 is 0 Å².